The molecule has 0 bridgehead atoms. The van der Waals surface area contributed by atoms with Crippen LogP contribution in [0.25, 0.3) is 0 Å². The Labute approximate surface area is 152 Å². The molecule has 6 N–H and O–H groups in total. The van der Waals surface area contributed by atoms with Gasteiger partial charge in [0.05, 0.1) is 5.92 Å². The highest BCUT2D eigenvalue weighted by Crippen LogP contribution is 2.31. The van der Waals surface area contributed by atoms with E-state index in [2.05, 4.69) is 32.6 Å². The first-order valence-corrected chi connectivity index (χ1v) is 9.36. The number of hydrogen-bond acceptors (Lipinski definition) is 6. The van der Waals surface area contributed by atoms with Gasteiger partial charge in [-0.15, -0.1) is 0 Å². The molecular formula is C18H26N6O2. The predicted octanol–water partition coefficient (Wildman–Crippen LogP) is -0.366. The second-order valence-electron chi connectivity index (χ2n) is 7.37. The SMILES string of the molecule is O=C(NNC(=O)C1CCCC2CNNC21)C1CC(c2ccccc2)NN1. The van der Waals surface area contributed by atoms with E-state index in [9.17, 15) is 9.59 Å². The Bertz CT molecular complexity index is 654. The number of rotatable bonds is 3. The quantitative estimate of drug-likeness (QED) is 0.412. The van der Waals surface area contributed by atoms with Crippen molar-refractivity contribution >= 4 is 11.8 Å². The monoisotopic (exact) mass is 358 g/mol. The summed E-state index contributed by atoms with van der Waals surface area (Å²) < 4.78 is 0. The molecule has 0 radical (unpaired) electrons. The highest BCUT2D eigenvalue weighted by molar-refractivity contribution is 5.86. The van der Waals surface area contributed by atoms with Gasteiger partial charge in [0.25, 0.3) is 5.91 Å². The lowest BCUT2D eigenvalue weighted by molar-refractivity contribution is -0.133. The minimum absolute atomic E-state index is 0.0792. The molecule has 3 aliphatic rings. The van der Waals surface area contributed by atoms with Gasteiger partial charge in [-0.3, -0.25) is 31.3 Å². The molecule has 8 heteroatoms. The van der Waals surface area contributed by atoms with Crippen LogP contribution in [0.4, 0.5) is 0 Å². The van der Waals surface area contributed by atoms with Crippen molar-refractivity contribution in [3.05, 3.63) is 35.9 Å². The van der Waals surface area contributed by atoms with Crippen LogP contribution in [-0.2, 0) is 9.59 Å². The van der Waals surface area contributed by atoms with Crippen molar-refractivity contribution in [2.45, 2.75) is 43.8 Å². The summed E-state index contributed by atoms with van der Waals surface area (Å²) in [6.07, 6.45) is 3.66. The fourth-order valence-electron chi connectivity index (χ4n) is 4.27. The molecule has 26 heavy (non-hydrogen) atoms. The van der Waals surface area contributed by atoms with Gasteiger partial charge in [-0.25, -0.2) is 10.9 Å². The average Bonchev–Trinajstić information content (AvgIpc) is 3.35. The van der Waals surface area contributed by atoms with Gasteiger partial charge in [-0.05, 0) is 30.7 Å². The molecule has 1 aromatic carbocycles. The van der Waals surface area contributed by atoms with Crippen molar-refractivity contribution in [1.82, 2.24) is 32.6 Å². The normalized spacial score (nSPS) is 33.5. The van der Waals surface area contributed by atoms with Gasteiger partial charge in [-0.1, -0.05) is 36.8 Å². The Hall–Kier alpha value is -2.00. The number of carbonyl (C=O) groups excluding carboxylic acids is 2. The first-order valence-electron chi connectivity index (χ1n) is 9.36. The van der Waals surface area contributed by atoms with Crippen LogP contribution in [-0.4, -0.2) is 30.4 Å². The molecular weight excluding hydrogens is 332 g/mol. The molecule has 4 rings (SSSR count). The van der Waals surface area contributed by atoms with Crippen molar-refractivity contribution < 1.29 is 9.59 Å². The zero-order valence-corrected chi connectivity index (χ0v) is 14.6. The highest BCUT2D eigenvalue weighted by Gasteiger charge is 2.40. The van der Waals surface area contributed by atoms with E-state index < -0.39 is 0 Å². The third kappa shape index (κ3) is 3.59. The Morgan fingerprint density at radius 3 is 2.62 bits per heavy atom. The molecule has 2 saturated heterocycles. The molecule has 2 amide bonds. The standard InChI is InChI=1S/C18H26N6O2/c25-17(13-8-4-7-12-10-19-22-16(12)13)23-24-18(26)15-9-14(20-21-15)11-5-2-1-3-6-11/h1-3,5-6,12-16,19-22H,4,7-10H2,(H,23,25)(H,24,26). The van der Waals surface area contributed by atoms with Crippen LogP contribution in [0.3, 0.4) is 0 Å². The Morgan fingerprint density at radius 2 is 1.77 bits per heavy atom. The van der Waals surface area contributed by atoms with E-state index in [1.165, 1.54) is 0 Å². The van der Waals surface area contributed by atoms with E-state index in [1.807, 2.05) is 30.3 Å². The third-order valence-corrected chi connectivity index (χ3v) is 5.73. The fourth-order valence-corrected chi connectivity index (χ4v) is 4.27. The molecule has 5 atom stereocenters. The van der Waals surface area contributed by atoms with Crippen LogP contribution >= 0.6 is 0 Å². The second-order valence-corrected chi connectivity index (χ2v) is 7.37. The van der Waals surface area contributed by atoms with Crippen LogP contribution in [0, 0.1) is 11.8 Å². The second kappa shape index (κ2) is 7.71. The summed E-state index contributed by atoms with van der Waals surface area (Å²) in [5.41, 5.74) is 18.8. The minimum Gasteiger partial charge on any atom is -0.273 e. The maximum atomic E-state index is 12.5. The largest absolute Gasteiger partial charge is 0.273 e. The van der Waals surface area contributed by atoms with Gasteiger partial charge >= 0.3 is 0 Å². The number of nitrogens with one attached hydrogen (secondary N) is 6. The molecule has 3 fully saturated rings. The van der Waals surface area contributed by atoms with Crippen LogP contribution < -0.4 is 32.6 Å². The Kier molecular flexibility index (Phi) is 5.16. The summed E-state index contributed by atoms with van der Waals surface area (Å²) in [6.45, 7) is 0.902. The predicted molar refractivity (Wildman–Crippen MR) is 95.9 cm³/mol. The molecule has 8 nitrogen and oxygen atoms in total. The van der Waals surface area contributed by atoms with E-state index in [-0.39, 0.29) is 35.9 Å². The zero-order valence-electron chi connectivity index (χ0n) is 14.6. The Balaban J connectivity index is 1.27. The topological polar surface area (TPSA) is 106 Å². The van der Waals surface area contributed by atoms with Crippen molar-refractivity contribution in [3.63, 3.8) is 0 Å². The summed E-state index contributed by atoms with van der Waals surface area (Å²) in [4.78, 5) is 24.9. The third-order valence-electron chi connectivity index (χ3n) is 5.73. The first-order chi connectivity index (χ1) is 12.7. The van der Waals surface area contributed by atoms with Gasteiger partial charge < -0.3 is 0 Å². The minimum atomic E-state index is -0.383. The lowest BCUT2D eigenvalue weighted by atomic mass is 9.78. The number of hydrogen-bond donors (Lipinski definition) is 6. The van der Waals surface area contributed by atoms with Crippen LogP contribution in [0.15, 0.2) is 30.3 Å². The van der Waals surface area contributed by atoms with Crippen LogP contribution in [0.2, 0.25) is 0 Å². The molecule has 5 unspecified atom stereocenters. The molecule has 0 aromatic heterocycles. The summed E-state index contributed by atoms with van der Waals surface area (Å²) in [7, 11) is 0. The van der Waals surface area contributed by atoms with Crippen molar-refractivity contribution in [2.24, 2.45) is 11.8 Å². The zero-order chi connectivity index (χ0) is 17.9. The number of amides is 2. The van der Waals surface area contributed by atoms with E-state index in [0.29, 0.717) is 12.3 Å². The summed E-state index contributed by atoms with van der Waals surface area (Å²) in [5, 5.41) is 0. The van der Waals surface area contributed by atoms with Crippen molar-refractivity contribution in [1.29, 1.82) is 0 Å². The van der Waals surface area contributed by atoms with E-state index >= 15 is 0 Å². The van der Waals surface area contributed by atoms with Crippen LogP contribution in [0.1, 0.15) is 37.3 Å². The maximum Gasteiger partial charge on any atom is 0.256 e. The van der Waals surface area contributed by atoms with Gasteiger partial charge in [0, 0.05) is 18.6 Å². The highest BCUT2D eigenvalue weighted by atomic mass is 16.2. The summed E-state index contributed by atoms with van der Waals surface area (Å²) >= 11 is 0. The lowest BCUT2D eigenvalue weighted by Gasteiger charge is -2.31. The van der Waals surface area contributed by atoms with Gasteiger partial charge in [-0.2, -0.15) is 0 Å². The van der Waals surface area contributed by atoms with Gasteiger partial charge in [0.15, 0.2) is 0 Å². The Morgan fingerprint density at radius 1 is 0.962 bits per heavy atom. The number of benzene rings is 1. The van der Waals surface area contributed by atoms with Crippen molar-refractivity contribution in [2.75, 3.05) is 6.54 Å². The first kappa shape index (κ1) is 17.4. The maximum absolute atomic E-state index is 12.5. The number of carbonyl (C=O) groups is 2. The van der Waals surface area contributed by atoms with Gasteiger partial charge in [0.1, 0.15) is 6.04 Å². The van der Waals surface area contributed by atoms with Crippen molar-refractivity contribution in [3.8, 4) is 0 Å². The smallest absolute Gasteiger partial charge is 0.256 e. The summed E-state index contributed by atoms with van der Waals surface area (Å²) in [5.74, 6) is 0.0299. The molecule has 1 aromatic rings. The van der Waals surface area contributed by atoms with E-state index in [1.54, 1.807) is 0 Å². The van der Waals surface area contributed by atoms with Crippen LogP contribution in [0.5, 0.6) is 0 Å². The molecule has 1 aliphatic carbocycles. The molecule has 0 spiro atoms. The molecule has 2 aliphatic heterocycles. The number of hydrazine groups is 3. The molecule has 140 valence electrons. The average molecular weight is 358 g/mol. The molecule has 1 saturated carbocycles. The lowest BCUT2D eigenvalue weighted by Crippen LogP contribution is -2.55. The fraction of sp³-hybridized carbons (Fsp3) is 0.556. The number of fused-ring (bicyclic) bond motifs is 1. The molecule has 2 heterocycles. The van der Waals surface area contributed by atoms with E-state index in [0.717, 1.165) is 31.4 Å². The van der Waals surface area contributed by atoms with Gasteiger partial charge in [0.2, 0.25) is 5.91 Å². The van der Waals surface area contributed by atoms with E-state index in [4.69, 9.17) is 0 Å². The summed E-state index contributed by atoms with van der Waals surface area (Å²) in [6, 6.07) is 9.83.